The van der Waals surface area contributed by atoms with E-state index in [1.54, 1.807) is 36.4 Å². The summed E-state index contributed by atoms with van der Waals surface area (Å²) in [7, 11) is 1.48. The van der Waals surface area contributed by atoms with Gasteiger partial charge in [-0.25, -0.2) is 9.37 Å². The number of hydrogen-bond donors (Lipinski definition) is 1. The zero-order valence-electron chi connectivity index (χ0n) is 21.5. The molecule has 198 valence electrons. The predicted octanol–water partition coefficient (Wildman–Crippen LogP) is 6.75. The largest absolute Gasteiger partial charge is 0.496 e. The molecule has 2 amide bonds. The van der Waals surface area contributed by atoms with Gasteiger partial charge in [-0.05, 0) is 68.8 Å². The quantitative estimate of drug-likeness (QED) is 0.297. The van der Waals surface area contributed by atoms with E-state index >= 15 is 0 Å². The fourth-order valence-electron chi connectivity index (χ4n) is 5.68. The van der Waals surface area contributed by atoms with Crippen LogP contribution in [-0.4, -0.2) is 28.5 Å². The molecule has 3 heterocycles. The first-order chi connectivity index (χ1) is 18.6. The van der Waals surface area contributed by atoms with Crippen molar-refractivity contribution >= 4 is 46.4 Å². The third-order valence-electron chi connectivity index (χ3n) is 7.27. The SMILES string of the molecule is COc1ccc(F)cc1-c1nc2c(n1C(C)C)[C@]1(C(=O)Nc3cc(Cl)ccc31)N(c1cc(Cl)ccc1C)C2=O. The molecule has 6 rings (SSSR count). The number of imidazole rings is 1. The summed E-state index contributed by atoms with van der Waals surface area (Å²) in [6.45, 7) is 5.68. The van der Waals surface area contributed by atoms with E-state index in [2.05, 4.69) is 5.32 Å². The van der Waals surface area contributed by atoms with Crippen molar-refractivity contribution in [2.24, 2.45) is 0 Å². The summed E-state index contributed by atoms with van der Waals surface area (Å²) < 4.78 is 21.8. The molecule has 4 aromatic rings. The number of aryl methyl sites for hydroxylation is 1. The van der Waals surface area contributed by atoms with Gasteiger partial charge in [-0.1, -0.05) is 35.3 Å². The first-order valence-electron chi connectivity index (χ1n) is 12.3. The van der Waals surface area contributed by atoms with Crippen LogP contribution in [0.15, 0.2) is 54.6 Å². The second-order valence-electron chi connectivity index (χ2n) is 9.87. The summed E-state index contributed by atoms with van der Waals surface area (Å²) in [6, 6.07) is 14.1. The number of nitrogens with one attached hydrogen (secondary N) is 1. The van der Waals surface area contributed by atoms with Gasteiger partial charge in [0.05, 0.1) is 24.1 Å². The molecule has 1 atom stereocenters. The van der Waals surface area contributed by atoms with Gasteiger partial charge in [0.25, 0.3) is 11.8 Å². The van der Waals surface area contributed by atoms with Crippen LogP contribution in [0.5, 0.6) is 5.75 Å². The molecule has 0 radical (unpaired) electrons. The van der Waals surface area contributed by atoms with E-state index in [-0.39, 0.29) is 11.7 Å². The number of fused-ring (bicyclic) bond motifs is 4. The number of rotatable bonds is 4. The molecule has 1 spiro atoms. The van der Waals surface area contributed by atoms with Crippen LogP contribution in [0.3, 0.4) is 0 Å². The summed E-state index contributed by atoms with van der Waals surface area (Å²) in [5.41, 5.74) is 1.45. The Morgan fingerprint density at radius 3 is 2.46 bits per heavy atom. The molecule has 7 nitrogen and oxygen atoms in total. The van der Waals surface area contributed by atoms with E-state index in [0.29, 0.717) is 49.8 Å². The van der Waals surface area contributed by atoms with Crippen LogP contribution in [-0.2, 0) is 10.3 Å². The number of anilines is 2. The highest BCUT2D eigenvalue weighted by molar-refractivity contribution is 6.32. The van der Waals surface area contributed by atoms with Gasteiger partial charge in [0, 0.05) is 27.3 Å². The summed E-state index contributed by atoms with van der Waals surface area (Å²) in [5, 5.41) is 3.78. The highest BCUT2D eigenvalue weighted by Crippen LogP contribution is 2.55. The lowest BCUT2D eigenvalue weighted by atomic mass is 9.86. The number of carbonyl (C=O) groups is 2. The molecule has 2 aliphatic heterocycles. The van der Waals surface area contributed by atoms with Gasteiger partial charge in [-0.15, -0.1) is 0 Å². The maximum atomic E-state index is 14.5. The Morgan fingerprint density at radius 1 is 1.03 bits per heavy atom. The van der Waals surface area contributed by atoms with Gasteiger partial charge in [0.1, 0.15) is 17.4 Å². The van der Waals surface area contributed by atoms with Gasteiger partial charge in [-0.3, -0.25) is 14.5 Å². The molecular weight excluding hydrogens is 542 g/mol. The van der Waals surface area contributed by atoms with Crippen molar-refractivity contribution in [2.75, 3.05) is 17.3 Å². The van der Waals surface area contributed by atoms with Crippen molar-refractivity contribution < 1.29 is 18.7 Å². The number of nitrogens with zero attached hydrogens (tertiary/aromatic N) is 3. The maximum absolute atomic E-state index is 14.5. The van der Waals surface area contributed by atoms with Crippen LogP contribution < -0.4 is 15.0 Å². The second kappa shape index (κ2) is 8.83. The van der Waals surface area contributed by atoms with Crippen LogP contribution in [0.2, 0.25) is 10.0 Å². The molecular formula is C29H23Cl2FN4O3. The summed E-state index contributed by atoms with van der Waals surface area (Å²) in [5.74, 6) is -0.707. The van der Waals surface area contributed by atoms with Crippen LogP contribution in [0.25, 0.3) is 11.4 Å². The first-order valence-corrected chi connectivity index (χ1v) is 13.0. The molecule has 0 saturated carbocycles. The molecule has 0 saturated heterocycles. The number of benzene rings is 3. The minimum atomic E-state index is -1.63. The fourth-order valence-corrected chi connectivity index (χ4v) is 6.02. The maximum Gasteiger partial charge on any atom is 0.280 e. The van der Waals surface area contributed by atoms with E-state index in [1.165, 1.54) is 30.2 Å². The van der Waals surface area contributed by atoms with E-state index in [9.17, 15) is 14.0 Å². The van der Waals surface area contributed by atoms with Crippen molar-refractivity contribution in [1.82, 2.24) is 9.55 Å². The van der Waals surface area contributed by atoms with Gasteiger partial charge in [0.2, 0.25) is 0 Å². The monoisotopic (exact) mass is 564 g/mol. The molecule has 2 aliphatic rings. The number of aromatic nitrogens is 2. The minimum absolute atomic E-state index is 0.0855. The van der Waals surface area contributed by atoms with Crippen molar-refractivity contribution in [3.63, 3.8) is 0 Å². The van der Waals surface area contributed by atoms with Crippen LogP contribution in [0.4, 0.5) is 15.8 Å². The van der Waals surface area contributed by atoms with Crippen molar-refractivity contribution in [3.8, 4) is 17.1 Å². The summed E-state index contributed by atoms with van der Waals surface area (Å²) in [6.07, 6.45) is 0. The van der Waals surface area contributed by atoms with Crippen LogP contribution in [0.1, 0.15) is 47.2 Å². The molecule has 0 bridgehead atoms. The van der Waals surface area contributed by atoms with Gasteiger partial charge in [0.15, 0.2) is 11.2 Å². The average molecular weight is 565 g/mol. The zero-order valence-corrected chi connectivity index (χ0v) is 23.0. The van der Waals surface area contributed by atoms with E-state index in [4.69, 9.17) is 32.9 Å². The average Bonchev–Trinajstić information content (AvgIpc) is 3.49. The third kappa shape index (κ3) is 3.44. The molecule has 0 unspecified atom stereocenters. The van der Waals surface area contributed by atoms with Crippen LogP contribution >= 0.6 is 23.2 Å². The van der Waals surface area contributed by atoms with Crippen molar-refractivity contribution in [2.45, 2.75) is 32.4 Å². The van der Waals surface area contributed by atoms with Crippen molar-refractivity contribution in [1.29, 1.82) is 0 Å². The fraction of sp³-hybridized carbons (Fsp3) is 0.207. The Hall–Kier alpha value is -3.88. The molecule has 1 aromatic heterocycles. The number of amides is 2. The smallest absolute Gasteiger partial charge is 0.280 e. The number of carbonyl (C=O) groups excluding carboxylic acids is 2. The Morgan fingerprint density at radius 2 is 1.74 bits per heavy atom. The van der Waals surface area contributed by atoms with E-state index in [1.807, 2.05) is 25.3 Å². The topological polar surface area (TPSA) is 76.5 Å². The van der Waals surface area contributed by atoms with Crippen LogP contribution in [0, 0.1) is 12.7 Å². The second-order valence-corrected chi connectivity index (χ2v) is 10.7. The van der Waals surface area contributed by atoms with E-state index in [0.717, 1.165) is 5.56 Å². The Bertz CT molecular complexity index is 1720. The highest BCUT2D eigenvalue weighted by atomic mass is 35.5. The van der Waals surface area contributed by atoms with Gasteiger partial charge >= 0.3 is 0 Å². The summed E-state index contributed by atoms with van der Waals surface area (Å²) in [4.78, 5) is 34.9. The Labute approximate surface area is 234 Å². The highest BCUT2D eigenvalue weighted by Gasteiger charge is 2.64. The van der Waals surface area contributed by atoms with Gasteiger partial charge in [-0.2, -0.15) is 0 Å². The predicted molar refractivity (Wildman–Crippen MR) is 148 cm³/mol. The Kier molecular flexibility index (Phi) is 5.75. The number of methoxy groups -OCH3 is 1. The standard InChI is InChI=1S/C29H23Cl2FN4O3/c1-14(2)35-25-24(34-26(35)19-13-18(32)8-10-23(19)39-4)27(37)36(22-12-17(31)6-5-15(22)3)29(25)20-9-7-16(30)11-21(20)33-28(29)38/h5-14H,1-4H3,(H,33,38)/t29-/m1/s1. The number of halogens is 3. The first kappa shape index (κ1) is 25.4. The molecule has 3 aromatic carbocycles. The zero-order chi connectivity index (χ0) is 27.8. The minimum Gasteiger partial charge on any atom is -0.496 e. The number of hydrogen-bond acceptors (Lipinski definition) is 4. The molecule has 39 heavy (non-hydrogen) atoms. The third-order valence-corrected chi connectivity index (χ3v) is 7.74. The Balaban J connectivity index is 1.75. The lowest BCUT2D eigenvalue weighted by Crippen LogP contribution is -2.51. The van der Waals surface area contributed by atoms with Gasteiger partial charge < -0.3 is 14.6 Å². The molecule has 0 aliphatic carbocycles. The lowest BCUT2D eigenvalue weighted by molar-refractivity contribution is -0.119. The van der Waals surface area contributed by atoms with Crippen molar-refractivity contribution in [3.05, 3.63) is 93.0 Å². The molecule has 10 heteroatoms. The summed E-state index contributed by atoms with van der Waals surface area (Å²) >= 11 is 12.7. The molecule has 1 N–H and O–H groups in total. The number of ether oxygens (including phenoxy) is 1. The van der Waals surface area contributed by atoms with E-state index < -0.39 is 23.2 Å². The normalized spacial score (nSPS) is 17.7. The molecule has 0 fully saturated rings. The lowest BCUT2D eigenvalue weighted by Gasteiger charge is -2.36.